The molecule has 0 spiro atoms. The largest absolute Gasteiger partial charge is 0.356 e. The standard InChI is InChI=1S/C28H34N8/c1-20(2)36-24-16-25(29-18-23(24)19-30-36)31-26-17-27(34-12-6-7-13-34)33-28(32-26)35-14-10-22(11-15-35)21-8-4-3-5-9-21/h3-5,8-9,16-20,22H,6-7,10-15H2,1-2H3,(H,29,31,32,33). The molecule has 1 aromatic carbocycles. The highest BCUT2D eigenvalue weighted by Gasteiger charge is 2.24. The van der Waals surface area contributed by atoms with Gasteiger partial charge < -0.3 is 15.1 Å². The molecule has 8 heteroatoms. The fraction of sp³-hybridized carbons (Fsp3) is 0.429. The Kier molecular flexibility index (Phi) is 6.17. The van der Waals surface area contributed by atoms with E-state index in [4.69, 9.17) is 9.97 Å². The number of nitrogens with zero attached hydrogens (tertiary/aromatic N) is 7. The van der Waals surface area contributed by atoms with Gasteiger partial charge in [-0.3, -0.25) is 4.68 Å². The predicted molar refractivity (Wildman–Crippen MR) is 145 cm³/mol. The third kappa shape index (κ3) is 4.59. The minimum absolute atomic E-state index is 0.281. The van der Waals surface area contributed by atoms with Crippen molar-refractivity contribution < 1.29 is 0 Å². The van der Waals surface area contributed by atoms with Crippen molar-refractivity contribution in [3.8, 4) is 0 Å². The van der Waals surface area contributed by atoms with E-state index in [9.17, 15) is 0 Å². The summed E-state index contributed by atoms with van der Waals surface area (Å²) in [6.07, 6.45) is 8.40. The van der Waals surface area contributed by atoms with Gasteiger partial charge in [0.05, 0.1) is 11.7 Å². The Morgan fingerprint density at radius 1 is 0.861 bits per heavy atom. The Morgan fingerprint density at radius 2 is 1.64 bits per heavy atom. The molecule has 1 N–H and O–H groups in total. The Morgan fingerprint density at radius 3 is 2.39 bits per heavy atom. The van der Waals surface area contributed by atoms with Crippen molar-refractivity contribution >= 4 is 34.3 Å². The van der Waals surface area contributed by atoms with Crippen LogP contribution in [0.5, 0.6) is 0 Å². The topological polar surface area (TPSA) is 75.0 Å². The lowest BCUT2D eigenvalue weighted by Gasteiger charge is -2.33. The second-order valence-corrected chi connectivity index (χ2v) is 10.2. The lowest BCUT2D eigenvalue weighted by atomic mass is 9.90. The predicted octanol–water partition coefficient (Wildman–Crippen LogP) is 5.53. The zero-order valence-electron chi connectivity index (χ0n) is 21.1. The first-order chi connectivity index (χ1) is 17.6. The number of rotatable bonds is 6. The highest BCUT2D eigenvalue weighted by molar-refractivity contribution is 5.81. The van der Waals surface area contributed by atoms with Gasteiger partial charge in [-0.25, -0.2) is 4.98 Å². The maximum absolute atomic E-state index is 5.02. The van der Waals surface area contributed by atoms with Gasteiger partial charge in [0.2, 0.25) is 5.95 Å². The van der Waals surface area contributed by atoms with Crippen molar-refractivity contribution in [2.24, 2.45) is 0 Å². The molecule has 0 saturated carbocycles. The van der Waals surface area contributed by atoms with Crippen molar-refractivity contribution in [3.63, 3.8) is 0 Å². The minimum Gasteiger partial charge on any atom is -0.356 e. The van der Waals surface area contributed by atoms with Gasteiger partial charge in [0, 0.05) is 55.9 Å². The third-order valence-corrected chi connectivity index (χ3v) is 7.40. The molecule has 8 nitrogen and oxygen atoms in total. The molecule has 2 saturated heterocycles. The van der Waals surface area contributed by atoms with Crippen LogP contribution in [0.2, 0.25) is 0 Å². The van der Waals surface area contributed by atoms with Crippen LogP contribution in [0.15, 0.2) is 54.9 Å². The van der Waals surface area contributed by atoms with Crippen LogP contribution in [0, 0.1) is 0 Å². The summed E-state index contributed by atoms with van der Waals surface area (Å²) in [6.45, 7) is 8.29. The Bertz CT molecular complexity index is 1320. The smallest absolute Gasteiger partial charge is 0.229 e. The van der Waals surface area contributed by atoms with Crippen LogP contribution in [0.25, 0.3) is 10.9 Å². The van der Waals surface area contributed by atoms with E-state index in [1.54, 1.807) is 0 Å². The fourth-order valence-corrected chi connectivity index (χ4v) is 5.42. The van der Waals surface area contributed by atoms with Crippen LogP contribution in [-0.2, 0) is 0 Å². The number of aromatic nitrogens is 5. The van der Waals surface area contributed by atoms with E-state index in [0.29, 0.717) is 5.92 Å². The van der Waals surface area contributed by atoms with Crippen molar-refractivity contribution in [2.45, 2.75) is 51.5 Å². The summed E-state index contributed by atoms with van der Waals surface area (Å²) in [7, 11) is 0. The maximum atomic E-state index is 5.02. The summed E-state index contributed by atoms with van der Waals surface area (Å²) in [5.74, 6) is 3.96. The number of benzene rings is 1. The van der Waals surface area contributed by atoms with E-state index in [-0.39, 0.29) is 6.04 Å². The van der Waals surface area contributed by atoms with E-state index in [2.05, 4.69) is 81.5 Å². The monoisotopic (exact) mass is 482 g/mol. The number of pyridine rings is 1. The average molecular weight is 483 g/mol. The molecular formula is C28H34N8. The van der Waals surface area contributed by atoms with Gasteiger partial charge in [0.25, 0.3) is 0 Å². The first kappa shape index (κ1) is 22.8. The lowest BCUT2D eigenvalue weighted by Crippen LogP contribution is -2.34. The molecular weight excluding hydrogens is 448 g/mol. The van der Waals surface area contributed by atoms with Crippen LogP contribution in [-0.4, -0.2) is 50.9 Å². The van der Waals surface area contributed by atoms with E-state index in [0.717, 1.165) is 73.3 Å². The maximum Gasteiger partial charge on any atom is 0.229 e. The SMILES string of the molecule is CC(C)n1ncc2cnc(Nc3cc(N4CCCC4)nc(N4CCC(c5ccccc5)CC4)n3)cc21. The molecule has 0 amide bonds. The minimum atomic E-state index is 0.281. The summed E-state index contributed by atoms with van der Waals surface area (Å²) in [4.78, 5) is 19.3. The molecule has 2 aliphatic rings. The van der Waals surface area contributed by atoms with Crippen LogP contribution >= 0.6 is 0 Å². The first-order valence-electron chi connectivity index (χ1n) is 13.2. The van der Waals surface area contributed by atoms with Gasteiger partial charge in [0.1, 0.15) is 17.5 Å². The van der Waals surface area contributed by atoms with Crippen molar-refractivity contribution in [1.82, 2.24) is 24.7 Å². The fourth-order valence-electron chi connectivity index (χ4n) is 5.42. The molecule has 4 aromatic rings. The quantitative estimate of drug-likeness (QED) is 0.387. The molecule has 186 valence electrons. The van der Waals surface area contributed by atoms with E-state index in [1.165, 1.54) is 18.4 Å². The molecule has 36 heavy (non-hydrogen) atoms. The van der Waals surface area contributed by atoms with Gasteiger partial charge in [-0.15, -0.1) is 0 Å². The molecule has 0 bridgehead atoms. The molecule has 5 heterocycles. The van der Waals surface area contributed by atoms with Crippen LogP contribution < -0.4 is 15.1 Å². The molecule has 0 radical (unpaired) electrons. The highest BCUT2D eigenvalue weighted by atomic mass is 15.3. The van der Waals surface area contributed by atoms with E-state index >= 15 is 0 Å². The number of fused-ring (bicyclic) bond motifs is 1. The molecule has 3 aromatic heterocycles. The Labute approximate surface area is 212 Å². The Balaban J connectivity index is 1.27. The van der Waals surface area contributed by atoms with Crippen LogP contribution in [0.1, 0.15) is 57.1 Å². The summed E-state index contributed by atoms with van der Waals surface area (Å²) in [5, 5.41) is 9.03. The summed E-state index contributed by atoms with van der Waals surface area (Å²) < 4.78 is 2.03. The summed E-state index contributed by atoms with van der Waals surface area (Å²) in [6, 6.07) is 15.3. The molecule has 2 aliphatic heterocycles. The van der Waals surface area contributed by atoms with Gasteiger partial charge in [-0.1, -0.05) is 30.3 Å². The summed E-state index contributed by atoms with van der Waals surface area (Å²) >= 11 is 0. The molecule has 0 atom stereocenters. The second-order valence-electron chi connectivity index (χ2n) is 10.2. The van der Waals surface area contributed by atoms with Crippen molar-refractivity contribution in [1.29, 1.82) is 0 Å². The van der Waals surface area contributed by atoms with Crippen molar-refractivity contribution in [2.75, 3.05) is 41.3 Å². The lowest BCUT2D eigenvalue weighted by molar-refractivity contribution is 0.499. The second kappa shape index (κ2) is 9.76. The zero-order valence-corrected chi connectivity index (χ0v) is 21.1. The summed E-state index contributed by atoms with van der Waals surface area (Å²) in [5.41, 5.74) is 2.51. The molecule has 6 rings (SSSR count). The molecule has 0 aliphatic carbocycles. The number of hydrogen-bond donors (Lipinski definition) is 1. The van der Waals surface area contributed by atoms with Crippen molar-refractivity contribution in [3.05, 3.63) is 60.4 Å². The van der Waals surface area contributed by atoms with Gasteiger partial charge in [0.15, 0.2) is 0 Å². The molecule has 2 fully saturated rings. The van der Waals surface area contributed by atoms with Gasteiger partial charge in [-0.05, 0) is 51.0 Å². The number of anilines is 4. The van der Waals surface area contributed by atoms with Crippen LogP contribution in [0.4, 0.5) is 23.4 Å². The highest BCUT2D eigenvalue weighted by Crippen LogP contribution is 2.32. The normalized spacial score (nSPS) is 16.9. The zero-order chi connectivity index (χ0) is 24.5. The van der Waals surface area contributed by atoms with E-state index < -0.39 is 0 Å². The van der Waals surface area contributed by atoms with Gasteiger partial charge >= 0.3 is 0 Å². The van der Waals surface area contributed by atoms with Gasteiger partial charge in [-0.2, -0.15) is 15.1 Å². The van der Waals surface area contributed by atoms with Crippen LogP contribution in [0.3, 0.4) is 0 Å². The average Bonchev–Trinajstić information content (AvgIpc) is 3.60. The molecule has 0 unspecified atom stereocenters. The number of hydrogen-bond acceptors (Lipinski definition) is 7. The third-order valence-electron chi connectivity index (χ3n) is 7.40. The number of piperidine rings is 1. The Hall–Kier alpha value is -3.68. The first-order valence-corrected chi connectivity index (χ1v) is 13.2. The van der Waals surface area contributed by atoms with E-state index in [1.807, 2.05) is 17.1 Å². The number of nitrogens with one attached hydrogen (secondary N) is 1.